The lowest BCUT2D eigenvalue weighted by molar-refractivity contribution is -0.159. The number of halogens is 1. The summed E-state index contributed by atoms with van der Waals surface area (Å²) in [5, 5.41) is 13.1. The normalized spacial score (nSPS) is 29.1. The Morgan fingerprint density at radius 1 is 1.00 bits per heavy atom. The molecule has 10 nitrogen and oxygen atoms in total. The van der Waals surface area contributed by atoms with Crippen molar-refractivity contribution in [3.63, 3.8) is 0 Å². The molecule has 0 aromatic heterocycles. The van der Waals surface area contributed by atoms with Crippen LogP contribution in [0.4, 0.5) is 4.39 Å². The molecule has 0 spiro atoms. The first-order valence-electron chi connectivity index (χ1n) is 17.7. The number of carboxylic acid groups (broad SMARTS) is 1. The Labute approximate surface area is 292 Å². The molecular formula is C39H46FN3O7. The molecule has 2 N–H and O–H groups in total. The second-order valence-corrected chi connectivity index (χ2v) is 15.3. The van der Waals surface area contributed by atoms with Crippen molar-refractivity contribution in [2.75, 3.05) is 19.6 Å². The van der Waals surface area contributed by atoms with Gasteiger partial charge in [-0.2, -0.15) is 0 Å². The molecule has 11 heteroatoms. The molecule has 2 saturated heterocycles. The number of carbonyl (C=O) groups excluding carboxylic acids is 4. The van der Waals surface area contributed by atoms with Gasteiger partial charge < -0.3 is 25.0 Å². The maximum atomic E-state index is 14.4. The summed E-state index contributed by atoms with van der Waals surface area (Å²) in [4.78, 5) is 71.2. The number of carboxylic acids is 1. The van der Waals surface area contributed by atoms with Crippen LogP contribution < -0.4 is 5.32 Å². The maximum Gasteiger partial charge on any atom is 0.330 e. The number of hydrogen-bond donors (Lipinski definition) is 2. The molecule has 3 heterocycles. The summed E-state index contributed by atoms with van der Waals surface area (Å²) < 4.78 is 19.1. The highest BCUT2D eigenvalue weighted by molar-refractivity contribution is 5.97. The van der Waals surface area contributed by atoms with Crippen molar-refractivity contribution in [3.05, 3.63) is 72.1 Å². The van der Waals surface area contributed by atoms with Crippen LogP contribution in [0.25, 0.3) is 11.1 Å². The van der Waals surface area contributed by atoms with Gasteiger partial charge in [0.15, 0.2) is 0 Å². The van der Waals surface area contributed by atoms with E-state index in [4.69, 9.17) is 4.74 Å². The van der Waals surface area contributed by atoms with E-state index in [0.717, 1.165) is 30.4 Å². The zero-order valence-electron chi connectivity index (χ0n) is 28.9. The number of nitrogens with zero attached hydrogens (tertiary/aromatic N) is 2. The van der Waals surface area contributed by atoms with Crippen LogP contribution in [-0.4, -0.2) is 81.4 Å². The Balaban J connectivity index is 1.27. The Kier molecular flexibility index (Phi) is 9.88. The molecular weight excluding hydrogens is 641 g/mol. The Bertz CT molecular complexity index is 1680. The first-order chi connectivity index (χ1) is 23.8. The number of benzene rings is 2. The lowest BCUT2D eigenvalue weighted by Gasteiger charge is -2.32. The Morgan fingerprint density at radius 2 is 1.76 bits per heavy atom. The van der Waals surface area contributed by atoms with Gasteiger partial charge in [0.2, 0.25) is 11.8 Å². The average Bonchev–Trinajstić information content (AvgIpc) is 3.41. The van der Waals surface area contributed by atoms with Gasteiger partial charge in [-0.15, -0.1) is 0 Å². The number of aliphatic carboxylic acids is 1. The smallest absolute Gasteiger partial charge is 0.330 e. The van der Waals surface area contributed by atoms with E-state index in [0.29, 0.717) is 24.9 Å². The number of esters is 1. The van der Waals surface area contributed by atoms with E-state index in [-0.39, 0.29) is 55.4 Å². The standard InChI is InChI=1S/C39H46FN3O7/c1-38(2,3)50-32(44)19-27-10-7-5-4-6-8-13-29-20-39(29,37(48)49)41-34(45)33-31-23-42(21-28(31)22-43(33)36(27)47)35(46)26-12-9-11-25(18-26)24-14-16-30(40)17-15-24/h8-9,11-18,27-29,31,33H,4-7,10,19-23H2,1-3H3,(H,41,45)(H,48,49)/b13-8-/t27-,28-,29+,31-,33-,39+/m0/s1. The molecule has 0 unspecified atom stereocenters. The van der Waals surface area contributed by atoms with Crippen LogP contribution in [-0.2, 0) is 23.9 Å². The predicted octanol–water partition coefficient (Wildman–Crippen LogP) is 5.22. The molecule has 3 amide bonds. The Morgan fingerprint density at radius 3 is 2.48 bits per heavy atom. The van der Waals surface area contributed by atoms with Crippen molar-refractivity contribution >= 4 is 29.7 Å². The zero-order valence-corrected chi connectivity index (χ0v) is 28.9. The molecule has 1 aliphatic carbocycles. The van der Waals surface area contributed by atoms with E-state index in [2.05, 4.69) is 5.32 Å². The third-order valence-corrected chi connectivity index (χ3v) is 10.5. The summed E-state index contributed by atoms with van der Waals surface area (Å²) in [5.74, 6) is -4.77. The minimum atomic E-state index is -1.45. The lowest BCUT2D eigenvalue weighted by atomic mass is 9.92. The first-order valence-corrected chi connectivity index (χ1v) is 17.7. The number of amides is 3. The highest BCUT2D eigenvalue weighted by Gasteiger charge is 2.62. The van der Waals surface area contributed by atoms with Gasteiger partial charge in [-0.05, 0) is 81.8 Å². The van der Waals surface area contributed by atoms with Gasteiger partial charge in [-0.1, -0.05) is 49.3 Å². The fourth-order valence-electron chi connectivity index (χ4n) is 7.91. The number of nitrogens with one attached hydrogen (secondary N) is 1. The summed E-state index contributed by atoms with van der Waals surface area (Å²) in [5.41, 5.74) is -0.204. The van der Waals surface area contributed by atoms with Gasteiger partial charge in [-0.25, -0.2) is 9.18 Å². The van der Waals surface area contributed by atoms with Crippen LogP contribution in [0, 0.1) is 29.5 Å². The van der Waals surface area contributed by atoms with Gasteiger partial charge >= 0.3 is 11.9 Å². The van der Waals surface area contributed by atoms with Crippen molar-refractivity contribution < 1.29 is 38.2 Å². The van der Waals surface area contributed by atoms with E-state index in [1.54, 1.807) is 60.9 Å². The monoisotopic (exact) mass is 687 g/mol. The van der Waals surface area contributed by atoms with Gasteiger partial charge in [0.05, 0.1) is 6.42 Å². The molecule has 2 aromatic rings. The largest absolute Gasteiger partial charge is 0.479 e. The number of likely N-dealkylation sites (tertiary alicyclic amines) is 1. The summed E-state index contributed by atoms with van der Waals surface area (Å²) in [6, 6.07) is 12.1. The van der Waals surface area contributed by atoms with Crippen LogP contribution in [0.15, 0.2) is 60.7 Å². The van der Waals surface area contributed by atoms with Gasteiger partial charge in [0.25, 0.3) is 5.91 Å². The average molecular weight is 688 g/mol. The van der Waals surface area contributed by atoms with Crippen LogP contribution in [0.2, 0.25) is 0 Å². The van der Waals surface area contributed by atoms with Gasteiger partial charge in [0.1, 0.15) is 23.0 Å². The highest BCUT2D eigenvalue weighted by Crippen LogP contribution is 2.46. The van der Waals surface area contributed by atoms with Crippen molar-refractivity contribution in [1.82, 2.24) is 15.1 Å². The van der Waals surface area contributed by atoms with E-state index in [9.17, 15) is 33.5 Å². The molecule has 4 aliphatic rings. The van der Waals surface area contributed by atoms with Gasteiger partial charge in [0, 0.05) is 48.9 Å². The van der Waals surface area contributed by atoms with Crippen molar-refractivity contribution in [1.29, 1.82) is 0 Å². The molecule has 2 aromatic carbocycles. The first kappa shape index (κ1) is 35.3. The number of carbonyl (C=O) groups is 5. The predicted molar refractivity (Wildman–Crippen MR) is 183 cm³/mol. The van der Waals surface area contributed by atoms with Gasteiger partial charge in [-0.3, -0.25) is 19.2 Å². The van der Waals surface area contributed by atoms with E-state index in [1.807, 2.05) is 18.2 Å². The molecule has 50 heavy (non-hydrogen) atoms. The third-order valence-electron chi connectivity index (χ3n) is 10.5. The number of ether oxygens (including phenoxy) is 1. The third kappa shape index (κ3) is 7.46. The summed E-state index contributed by atoms with van der Waals surface area (Å²) in [6.45, 7) is 6.03. The summed E-state index contributed by atoms with van der Waals surface area (Å²) in [7, 11) is 0. The van der Waals surface area contributed by atoms with E-state index < -0.39 is 46.9 Å². The molecule has 3 fully saturated rings. The molecule has 1 saturated carbocycles. The second kappa shape index (κ2) is 14.0. The molecule has 266 valence electrons. The Hall–Kier alpha value is -4.54. The minimum Gasteiger partial charge on any atom is -0.479 e. The SMILES string of the molecule is CC(C)(C)OC(=O)C[C@@H]1CCCCC/C=C\[C@@H]2C[C@@]2(C(=O)O)NC(=O)[C@@H]2[C@H]3CN(C(=O)c4cccc(-c5ccc(F)cc5)c4)C[C@H]3CN2C1=O. The summed E-state index contributed by atoms with van der Waals surface area (Å²) in [6.07, 6.45) is 7.59. The summed E-state index contributed by atoms with van der Waals surface area (Å²) >= 11 is 0. The molecule has 0 bridgehead atoms. The molecule has 0 radical (unpaired) electrons. The number of rotatable bonds is 5. The van der Waals surface area contributed by atoms with Crippen molar-refractivity contribution in [3.8, 4) is 11.1 Å². The number of allylic oxidation sites excluding steroid dienone is 1. The fourth-order valence-corrected chi connectivity index (χ4v) is 7.91. The lowest BCUT2D eigenvalue weighted by Crippen LogP contribution is -2.56. The topological polar surface area (TPSA) is 133 Å². The highest BCUT2D eigenvalue weighted by atomic mass is 19.1. The number of hydrogen-bond acceptors (Lipinski definition) is 6. The maximum absolute atomic E-state index is 14.4. The van der Waals surface area contributed by atoms with E-state index in [1.165, 1.54) is 12.1 Å². The molecule has 6 atom stereocenters. The molecule has 6 rings (SSSR count). The zero-order chi connectivity index (χ0) is 35.8. The fraction of sp³-hybridized carbons (Fsp3) is 0.513. The molecule has 3 aliphatic heterocycles. The number of fused-ring (bicyclic) bond motifs is 4. The van der Waals surface area contributed by atoms with E-state index >= 15 is 0 Å². The second-order valence-electron chi connectivity index (χ2n) is 15.3. The minimum absolute atomic E-state index is 0.119. The van der Waals surface area contributed by atoms with Crippen molar-refractivity contribution in [2.24, 2.45) is 23.7 Å². The van der Waals surface area contributed by atoms with Crippen LogP contribution >= 0.6 is 0 Å². The van der Waals surface area contributed by atoms with Crippen LogP contribution in [0.3, 0.4) is 0 Å². The van der Waals surface area contributed by atoms with Crippen LogP contribution in [0.5, 0.6) is 0 Å². The van der Waals surface area contributed by atoms with Crippen LogP contribution in [0.1, 0.15) is 76.1 Å². The van der Waals surface area contributed by atoms with Crippen molar-refractivity contribution in [2.45, 2.75) is 82.9 Å². The quantitative estimate of drug-likeness (QED) is 0.325.